The van der Waals surface area contributed by atoms with Crippen LogP contribution in [-0.2, 0) is 33.3 Å². The highest BCUT2D eigenvalue weighted by molar-refractivity contribution is 8.00. The van der Waals surface area contributed by atoms with Gasteiger partial charge in [-0.3, -0.25) is 14.4 Å². The van der Waals surface area contributed by atoms with Crippen LogP contribution in [-0.4, -0.2) is 126 Å². The van der Waals surface area contributed by atoms with Crippen LogP contribution in [0.15, 0.2) is 18.2 Å². The first-order valence-electron chi connectivity index (χ1n) is 18.3. The number of halogens is 1. The Labute approximate surface area is 310 Å². The van der Waals surface area contributed by atoms with Gasteiger partial charge in [-0.15, -0.1) is 0 Å². The molecule has 1 aromatic rings. The number of nitrogens with two attached hydrogens (primary N) is 1. The van der Waals surface area contributed by atoms with Crippen LogP contribution in [0, 0.1) is 5.82 Å². The van der Waals surface area contributed by atoms with Gasteiger partial charge in [0.15, 0.2) is 11.6 Å². The molecule has 2 heterocycles. The highest BCUT2D eigenvalue weighted by Crippen LogP contribution is 2.33. The van der Waals surface area contributed by atoms with E-state index < -0.39 is 5.82 Å². The summed E-state index contributed by atoms with van der Waals surface area (Å²) in [4.78, 5) is 47.5. The zero-order valence-electron chi connectivity index (χ0n) is 30.1. The van der Waals surface area contributed by atoms with Crippen molar-refractivity contribution in [2.45, 2.75) is 75.1 Å². The van der Waals surface area contributed by atoms with E-state index in [1.807, 2.05) is 11.8 Å². The maximum atomic E-state index is 13.6. The molecule has 7 N–H and O–H groups in total. The number of fused-ring (bicyclic) bond motifs is 1. The predicted molar refractivity (Wildman–Crippen MR) is 196 cm³/mol. The number of unbranched alkanes of at least 4 members (excludes halogenated alkanes) is 1. The molecule has 294 valence electrons. The van der Waals surface area contributed by atoms with Crippen LogP contribution < -0.4 is 37.1 Å². The summed E-state index contributed by atoms with van der Waals surface area (Å²) in [7, 11) is 0. The first kappa shape index (κ1) is 43.0. The van der Waals surface area contributed by atoms with Crippen LogP contribution in [0.4, 0.5) is 14.9 Å². The van der Waals surface area contributed by atoms with Gasteiger partial charge in [0.05, 0.1) is 51.7 Å². The van der Waals surface area contributed by atoms with E-state index in [0.29, 0.717) is 89.5 Å². The molecule has 2 saturated heterocycles. The van der Waals surface area contributed by atoms with Gasteiger partial charge in [-0.05, 0) is 44.2 Å². The lowest BCUT2D eigenvalue weighted by molar-refractivity contribution is -0.123. The van der Waals surface area contributed by atoms with Crippen molar-refractivity contribution in [2.24, 2.45) is 0 Å². The minimum absolute atomic E-state index is 0.0620. The van der Waals surface area contributed by atoms with E-state index >= 15 is 0 Å². The lowest BCUT2D eigenvalue weighted by atomic mass is 10.0. The van der Waals surface area contributed by atoms with Crippen molar-refractivity contribution in [3.63, 3.8) is 0 Å². The number of carbonyl (C=O) groups is 4. The van der Waals surface area contributed by atoms with Gasteiger partial charge >= 0.3 is 6.03 Å². The Morgan fingerprint density at radius 2 is 1.31 bits per heavy atom. The van der Waals surface area contributed by atoms with Crippen LogP contribution in [0.5, 0.6) is 5.75 Å². The predicted octanol–water partition coefficient (Wildman–Crippen LogP) is 1.88. The summed E-state index contributed by atoms with van der Waals surface area (Å²) >= 11 is 1.90. The molecule has 2 fully saturated rings. The molecule has 2 aliphatic heterocycles. The molecule has 3 atom stereocenters. The monoisotopic (exact) mass is 756 g/mol. The van der Waals surface area contributed by atoms with E-state index in [1.165, 1.54) is 12.1 Å². The Morgan fingerprint density at radius 1 is 0.731 bits per heavy atom. The molecule has 15 nitrogen and oxygen atoms in total. The summed E-state index contributed by atoms with van der Waals surface area (Å²) in [5.74, 6) is 0.323. The zero-order chi connectivity index (χ0) is 37.2. The SMILES string of the molecule is Nc1ccc(OCCOCCNC(=O)CCCC(=O)NCCCOCCOCCOCCCNC(=O)CCCC[C@@H]2SC[C@@H]3NC(=O)N[C@@H]32)c(F)c1. The third-order valence-electron chi connectivity index (χ3n) is 8.22. The fourth-order valence-electron chi connectivity index (χ4n) is 5.50. The largest absolute Gasteiger partial charge is 0.488 e. The van der Waals surface area contributed by atoms with Crippen molar-refractivity contribution in [2.75, 3.05) is 90.6 Å². The van der Waals surface area contributed by atoms with E-state index in [0.717, 1.165) is 31.4 Å². The molecule has 0 aromatic heterocycles. The first-order chi connectivity index (χ1) is 25.3. The van der Waals surface area contributed by atoms with Gasteiger partial charge in [0.1, 0.15) is 6.61 Å². The van der Waals surface area contributed by atoms with Crippen molar-refractivity contribution < 1.29 is 47.3 Å². The third-order valence-corrected chi connectivity index (χ3v) is 9.73. The summed E-state index contributed by atoms with van der Waals surface area (Å²) in [6.07, 6.45) is 5.69. The smallest absolute Gasteiger partial charge is 0.315 e. The van der Waals surface area contributed by atoms with Crippen LogP contribution >= 0.6 is 11.8 Å². The highest BCUT2D eigenvalue weighted by atomic mass is 32.2. The normalized spacial score (nSPS) is 17.6. The van der Waals surface area contributed by atoms with Crippen molar-refractivity contribution in [3.05, 3.63) is 24.0 Å². The van der Waals surface area contributed by atoms with Crippen LogP contribution in [0.3, 0.4) is 0 Å². The van der Waals surface area contributed by atoms with Crippen molar-refractivity contribution in [1.29, 1.82) is 0 Å². The Balaban J connectivity index is 0.972. The molecule has 0 radical (unpaired) electrons. The number of nitrogen functional groups attached to an aromatic ring is 1. The molecule has 0 spiro atoms. The summed E-state index contributed by atoms with van der Waals surface area (Å²) in [6, 6.07) is 4.59. The van der Waals surface area contributed by atoms with Crippen LogP contribution in [0.25, 0.3) is 0 Å². The van der Waals surface area contributed by atoms with E-state index in [2.05, 4.69) is 26.6 Å². The summed E-state index contributed by atoms with van der Waals surface area (Å²) < 4.78 is 40.9. The lowest BCUT2D eigenvalue weighted by Crippen LogP contribution is -2.36. The number of ether oxygens (including phenoxy) is 5. The van der Waals surface area contributed by atoms with Gasteiger partial charge in [-0.2, -0.15) is 11.8 Å². The summed E-state index contributed by atoms with van der Waals surface area (Å²) in [5, 5.41) is 14.9. The Kier molecular flexibility index (Phi) is 21.8. The Morgan fingerprint density at radius 3 is 1.96 bits per heavy atom. The van der Waals surface area contributed by atoms with Gasteiger partial charge < -0.3 is 56.0 Å². The number of amides is 5. The number of hydrogen-bond donors (Lipinski definition) is 6. The number of anilines is 1. The van der Waals surface area contributed by atoms with E-state index in [-0.39, 0.29) is 74.2 Å². The minimum Gasteiger partial charge on any atom is -0.488 e. The number of urea groups is 1. The van der Waals surface area contributed by atoms with Gasteiger partial charge in [-0.1, -0.05) is 6.42 Å². The maximum Gasteiger partial charge on any atom is 0.315 e. The molecule has 0 unspecified atom stereocenters. The van der Waals surface area contributed by atoms with Crippen LogP contribution in [0.2, 0.25) is 0 Å². The molecule has 0 bridgehead atoms. The van der Waals surface area contributed by atoms with Gasteiger partial charge in [-0.25, -0.2) is 9.18 Å². The second-order valence-electron chi connectivity index (χ2n) is 12.5. The van der Waals surface area contributed by atoms with Crippen molar-refractivity contribution >= 4 is 41.2 Å². The number of thioether (sulfide) groups is 1. The minimum atomic E-state index is -0.531. The summed E-state index contributed by atoms with van der Waals surface area (Å²) in [6.45, 7) is 4.98. The molecular formula is C35H57FN6O9S. The van der Waals surface area contributed by atoms with E-state index in [1.54, 1.807) is 6.07 Å². The molecular weight excluding hydrogens is 699 g/mol. The fraction of sp³-hybridized carbons (Fsp3) is 0.714. The molecule has 5 amide bonds. The number of carbonyl (C=O) groups excluding carboxylic acids is 4. The van der Waals surface area contributed by atoms with Crippen molar-refractivity contribution in [1.82, 2.24) is 26.6 Å². The topological polar surface area (TPSA) is 201 Å². The highest BCUT2D eigenvalue weighted by Gasteiger charge is 2.42. The molecule has 2 aliphatic rings. The fourth-order valence-corrected chi connectivity index (χ4v) is 7.05. The standard InChI is InChI=1S/C35H57FN6O9S/c36-27-24-26(37)10-11-29(27)51-23-22-49-17-14-40-33(45)9-3-8-32(44)39-13-5-16-48-19-21-50-20-18-47-15-4-12-38-31(43)7-2-1-6-30-34-28(25-52-30)41-35(46)42-34/h10-11,24,28,30,34H,1-9,12-23,25,37H2,(H,38,43)(H,39,44)(H,40,45)(H2,41,42,46)/t28-,30-,34-/m0/s1. The summed E-state index contributed by atoms with van der Waals surface area (Å²) in [5.41, 5.74) is 5.82. The third kappa shape index (κ3) is 18.9. The number of nitrogens with one attached hydrogen (secondary N) is 5. The zero-order valence-corrected chi connectivity index (χ0v) is 30.9. The second kappa shape index (κ2) is 26.4. The quantitative estimate of drug-likeness (QED) is 0.0381. The van der Waals surface area contributed by atoms with Crippen LogP contribution in [0.1, 0.15) is 57.8 Å². The van der Waals surface area contributed by atoms with Gasteiger partial charge in [0, 0.05) is 74.9 Å². The maximum absolute atomic E-state index is 13.6. The molecule has 1 aromatic carbocycles. The molecule has 0 saturated carbocycles. The molecule has 0 aliphatic carbocycles. The van der Waals surface area contributed by atoms with E-state index in [9.17, 15) is 23.6 Å². The number of hydrogen-bond acceptors (Lipinski definition) is 11. The molecule has 52 heavy (non-hydrogen) atoms. The lowest BCUT2D eigenvalue weighted by Gasteiger charge is -2.16. The average molecular weight is 757 g/mol. The van der Waals surface area contributed by atoms with Crippen molar-refractivity contribution in [3.8, 4) is 5.75 Å². The first-order valence-corrected chi connectivity index (χ1v) is 19.3. The second-order valence-corrected chi connectivity index (χ2v) is 13.7. The van der Waals surface area contributed by atoms with E-state index in [4.69, 9.17) is 29.4 Å². The number of rotatable bonds is 30. The average Bonchev–Trinajstić information content (AvgIpc) is 3.67. The number of benzene rings is 1. The Bertz CT molecular complexity index is 1220. The molecule has 3 rings (SSSR count). The Hall–Kier alpha value is -3.38. The van der Waals surface area contributed by atoms with Gasteiger partial charge in [0.25, 0.3) is 0 Å². The van der Waals surface area contributed by atoms with Gasteiger partial charge in [0.2, 0.25) is 17.7 Å². The molecule has 17 heteroatoms.